The minimum absolute atomic E-state index is 0.394. The molecule has 2 rings (SSSR count). The van der Waals surface area contributed by atoms with Crippen LogP contribution in [0.25, 0.3) is 0 Å². The van der Waals surface area contributed by atoms with Gasteiger partial charge in [-0.2, -0.15) is 0 Å². The first-order valence-corrected chi connectivity index (χ1v) is 8.10. The first-order valence-electron chi connectivity index (χ1n) is 8.10. The Hall–Kier alpha value is -2.30. The van der Waals surface area contributed by atoms with E-state index in [-0.39, 0.29) is 0 Å². The molecule has 5 heteroatoms. The van der Waals surface area contributed by atoms with E-state index < -0.39 is 0 Å². The molecule has 0 saturated carbocycles. The molecule has 0 aliphatic heterocycles. The Balaban J connectivity index is 1.97. The molecule has 0 saturated heterocycles. The second kappa shape index (κ2) is 8.36. The third kappa shape index (κ3) is 5.13. The number of ether oxygens (including phenoxy) is 1. The third-order valence-corrected chi connectivity index (χ3v) is 3.74. The number of nitrogens with zero attached hydrogens (tertiary/aromatic N) is 2. The number of hydrogen-bond donors (Lipinski definition) is 2. The topological polar surface area (TPSA) is 59.1 Å². The molecule has 1 aromatic carbocycles. The quantitative estimate of drug-likeness (QED) is 0.779. The summed E-state index contributed by atoms with van der Waals surface area (Å²) < 4.78 is 5.38. The minimum atomic E-state index is 0.394. The highest BCUT2D eigenvalue weighted by Crippen LogP contribution is 2.18. The molecule has 0 bridgehead atoms. The van der Waals surface area contributed by atoms with Crippen molar-refractivity contribution in [2.24, 2.45) is 0 Å². The predicted octanol–water partition coefficient (Wildman–Crippen LogP) is 3.66. The molecular formula is C18H26N4O. The summed E-state index contributed by atoms with van der Waals surface area (Å²) in [5, 5.41) is 6.76. The lowest BCUT2D eigenvalue weighted by atomic mass is 10.1. The van der Waals surface area contributed by atoms with Gasteiger partial charge in [0.25, 0.3) is 0 Å². The predicted molar refractivity (Wildman–Crippen MR) is 95.3 cm³/mol. The van der Waals surface area contributed by atoms with Crippen LogP contribution >= 0.6 is 0 Å². The highest BCUT2D eigenvalue weighted by atomic mass is 16.5. The minimum Gasteiger partial charge on any atom is -0.496 e. The van der Waals surface area contributed by atoms with Crippen LogP contribution in [0.5, 0.6) is 5.75 Å². The Kier molecular flexibility index (Phi) is 6.20. The SMILES string of the molecule is CCC(C)Nc1cc(NCCc2ccccc2OC)nc(C)n1. The molecule has 0 aliphatic rings. The van der Waals surface area contributed by atoms with E-state index >= 15 is 0 Å². The summed E-state index contributed by atoms with van der Waals surface area (Å²) in [5.41, 5.74) is 1.19. The number of anilines is 2. The fraction of sp³-hybridized carbons (Fsp3) is 0.444. The number of aryl methyl sites for hydroxylation is 1. The third-order valence-electron chi connectivity index (χ3n) is 3.74. The smallest absolute Gasteiger partial charge is 0.132 e. The van der Waals surface area contributed by atoms with Gasteiger partial charge in [-0.3, -0.25) is 0 Å². The Morgan fingerprint density at radius 3 is 2.65 bits per heavy atom. The first-order chi connectivity index (χ1) is 11.1. The van der Waals surface area contributed by atoms with E-state index in [4.69, 9.17) is 4.74 Å². The van der Waals surface area contributed by atoms with Crippen molar-refractivity contribution >= 4 is 11.6 Å². The van der Waals surface area contributed by atoms with Crippen molar-refractivity contribution < 1.29 is 4.74 Å². The van der Waals surface area contributed by atoms with Crippen LogP contribution in [0.1, 0.15) is 31.7 Å². The molecule has 1 unspecified atom stereocenters. The van der Waals surface area contributed by atoms with Crippen molar-refractivity contribution in [3.8, 4) is 5.75 Å². The van der Waals surface area contributed by atoms with Crippen LogP contribution in [0.4, 0.5) is 11.6 Å². The van der Waals surface area contributed by atoms with Crippen LogP contribution < -0.4 is 15.4 Å². The summed E-state index contributed by atoms with van der Waals surface area (Å²) in [4.78, 5) is 8.88. The van der Waals surface area contributed by atoms with Crippen LogP contribution in [-0.2, 0) is 6.42 Å². The van der Waals surface area contributed by atoms with Gasteiger partial charge < -0.3 is 15.4 Å². The average molecular weight is 314 g/mol. The molecular weight excluding hydrogens is 288 g/mol. The van der Waals surface area contributed by atoms with E-state index in [2.05, 4.69) is 40.5 Å². The summed E-state index contributed by atoms with van der Waals surface area (Å²) in [7, 11) is 1.70. The standard InChI is InChI=1S/C18H26N4O/c1-5-13(2)20-18-12-17(21-14(3)22-18)19-11-10-15-8-6-7-9-16(15)23-4/h6-9,12-13H,5,10-11H2,1-4H3,(H2,19,20,21,22). The number of nitrogens with one attached hydrogen (secondary N) is 2. The van der Waals surface area contributed by atoms with Crippen molar-refractivity contribution in [2.45, 2.75) is 39.7 Å². The van der Waals surface area contributed by atoms with Gasteiger partial charge in [-0.1, -0.05) is 25.1 Å². The summed E-state index contributed by atoms with van der Waals surface area (Å²) in [6, 6.07) is 10.4. The summed E-state index contributed by atoms with van der Waals surface area (Å²) in [5.74, 6) is 3.40. The van der Waals surface area contributed by atoms with Gasteiger partial charge in [0.2, 0.25) is 0 Å². The molecule has 0 fully saturated rings. The van der Waals surface area contributed by atoms with Gasteiger partial charge in [-0.25, -0.2) is 9.97 Å². The van der Waals surface area contributed by atoms with Gasteiger partial charge in [0.1, 0.15) is 23.2 Å². The zero-order valence-electron chi connectivity index (χ0n) is 14.4. The Labute approximate surface area is 138 Å². The molecule has 23 heavy (non-hydrogen) atoms. The normalized spacial score (nSPS) is 11.8. The van der Waals surface area contributed by atoms with E-state index in [1.54, 1.807) is 7.11 Å². The molecule has 0 spiro atoms. The molecule has 124 valence electrons. The van der Waals surface area contributed by atoms with Gasteiger partial charge in [-0.05, 0) is 38.3 Å². The molecule has 5 nitrogen and oxygen atoms in total. The maximum Gasteiger partial charge on any atom is 0.132 e. The zero-order valence-corrected chi connectivity index (χ0v) is 14.4. The number of aromatic nitrogens is 2. The molecule has 1 atom stereocenters. The zero-order chi connectivity index (χ0) is 16.7. The second-order valence-electron chi connectivity index (χ2n) is 5.63. The van der Waals surface area contributed by atoms with E-state index in [1.165, 1.54) is 5.56 Å². The fourth-order valence-corrected chi connectivity index (χ4v) is 2.32. The molecule has 0 amide bonds. The maximum absolute atomic E-state index is 5.38. The number of hydrogen-bond acceptors (Lipinski definition) is 5. The summed E-state index contributed by atoms with van der Waals surface area (Å²) in [6.45, 7) is 7.00. The molecule has 2 aromatic rings. The Morgan fingerprint density at radius 2 is 1.91 bits per heavy atom. The van der Waals surface area contributed by atoms with Crippen LogP contribution in [0.15, 0.2) is 30.3 Å². The lowest BCUT2D eigenvalue weighted by Gasteiger charge is -2.14. The number of methoxy groups -OCH3 is 1. The van der Waals surface area contributed by atoms with Gasteiger partial charge in [0.15, 0.2) is 0 Å². The van der Waals surface area contributed by atoms with Crippen molar-refractivity contribution in [1.82, 2.24) is 9.97 Å². The van der Waals surface area contributed by atoms with Gasteiger partial charge in [0.05, 0.1) is 7.11 Å². The van der Waals surface area contributed by atoms with Crippen LogP contribution in [0, 0.1) is 6.92 Å². The number of rotatable bonds is 8. The van der Waals surface area contributed by atoms with E-state index in [9.17, 15) is 0 Å². The molecule has 1 heterocycles. The van der Waals surface area contributed by atoms with Crippen molar-refractivity contribution in [3.05, 3.63) is 41.7 Å². The van der Waals surface area contributed by atoms with E-state index in [0.29, 0.717) is 6.04 Å². The van der Waals surface area contributed by atoms with Crippen LogP contribution in [0.3, 0.4) is 0 Å². The highest BCUT2D eigenvalue weighted by Gasteiger charge is 2.05. The molecule has 2 N–H and O–H groups in total. The van der Waals surface area contributed by atoms with Crippen molar-refractivity contribution in [1.29, 1.82) is 0 Å². The van der Waals surface area contributed by atoms with Crippen molar-refractivity contribution in [3.63, 3.8) is 0 Å². The molecule has 0 aliphatic carbocycles. The largest absolute Gasteiger partial charge is 0.496 e. The van der Waals surface area contributed by atoms with Gasteiger partial charge >= 0.3 is 0 Å². The Bertz CT molecular complexity index is 630. The fourth-order valence-electron chi connectivity index (χ4n) is 2.32. The van der Waals surface area contributed by atoms with Crippen LogP contribution in [-0.4, -0.2) is 29.7 Å². The lowest BCUT2D eigenvalue weighted by molar-refractivity contribution is 0.410. The number of benzene rings is 1. The number of para-hydroxylation sites is 1. The average Bonchev–Trinajstić information content (AvgIpc) is 2.54. The Morgan fingerprint density at radius 1 is 1.17 bits per heavy atom. The van der Waals surface area contributed by atoms with E-state index in [1.807, 2.05) is 31.2 Å². The lowest BCUT2D eigenvalue weighted by Crippen LogP contribution is -2.16. The molecule has 0 radical (unpaired) electrons. The monoisotopic (exact) mass is 314 g/mol. The summed E-state index contributed by atoms with van der Waals surface area (Å²) >= 11 is 0. The summed E-state index contributed by atoms with van der Waals surface area (Å²) in [6.07, 6.45) is 1.93. The van der Waals surface area contributed by atoms with Gasteiger partial charge in [0, 0.05) is 18.7 Å². The highest BCUT2D eigenvalue weighted by molar-refractivity contribution is 5.48. The second-order valence-corrected chi connectivity index (χ2v) is 5.63. The maximum atomic E-state index is 5.38. The van der Waals surface area contributed by atoms with Crippen molar-refractivity contribution in [2.75, 3.05) is 24.3 Å². The van der Waals surface area contributed by atoms with E-state index in [0.717, 1.165) is 42.6 Å². The van der Waals surface area contributed by atoms with Crippen LogP contribution in [0.2, 0.25) is 0 Å². The molecule has 1 aromatic heterocycles. The first kappa shape index (κ1) is 17.1. The van der Waals surface area contributed by atoms with Gasteiger partial charge in [-0.15, -0.1) is 0 Å².